The van der Waals surface area contributed by atoms with E-state index in [2.05, 4.69) is 0 Å². The van der Waals surface area contributed by atoms with Crippen molar-refractivity contribution in [3.8, 4) is 5.75 Å². The summed E-state index contributed by atoms with van der Waals surface area (Å²) in [4.78, 5) is 11.8. The van der Waals surface area contributed by atoms with Crippen LogP contribution in [0.2, 0.25) is 0 Å². The predicted molar refractivity (Wildman–Crippen MR) is 77.0 cm³/mol. The molecule has 0 aliphatic rings. The number of hydrogen-bond acceptors (Lipinski definition) is 3. The Morgan fingerprint density at radius 2 is 1.85 bits per heavy atom. The molecule has 0 aliphatic heterocycles. The van der Waals surface area contributed by atoms with E-state index in [9.17, 15) is 4.79 Å². The molecule has 0 radical (unpaired) electrons. The normalized spacial score (nSPS) is 10.3. The van der Waals surface area contributed by atoms with Gasteiger partial charge in [0.15, 0.2) is 0 Å². The third-order valence-corrected chi connectivity index (χ3v) is 3.12. The number of rotatable bonds is 6. The van der Waals surface area contributed by atoms with Gasteiger partial charge in [0.05, 0.1) is 13.2 Å². The summed E-state index contributed by atoms with van der Waals surface area (Å²) in [6.07, 6.45) is 0.671. The van der Waals surface area contributed by atoms with E-state index in [0.717, 1.165) is 11.4 Å². The molecule has 0 saturated carbocycles. The monoisotopic (exact) mass is 273 g/mol. The molecule has 0 bridgehead atoms. The van der Waals surface area contributed by atoms with Gasteiger partial charge in [0.2, 0.25) is 0 Å². The highest BCUT2D eigenvalue weighted by Crippen LogP contribution is 2.09. The van der Waals surface area contributed by atoms with Gasteiger partial charge in [-0.1, -0.05) is 18.2 Å². The molecule has 0 N–H and O–H groups in total. The van der Waals surface area contributed by atoms with Gasteiger partial charge in [0.25, 0.3) is 0 Å². The van der Waals surface area contributed by atoms with E-state index in [4.69, 9.17) is 9.47 Å². The Morgan fingerprint density at radius 1 is 1.10 bits per heavy atom. The molecule has 1 aromatic heterocycles. The van der Waals surface area contributed by atoms with Gasteiger partial charge in [-0.05, 0) is 31.2 Å². The first-order valence-corrected chi connectivity index (χ1v) is 6.66. The van der Waals surface area contributed by atoms with Gasteiger partial charge >= 0.3 is 5.97 Å². The summed E-state index contributed by atoms with van der Waals surface area (Å²) in [7, 11) is 1.85. The molecule has 4 heteroatoms. The summed E-state index contributed by atoms with van der Waals surface area (Å²) in [6, 6.07) is 13.3. The van der Waals surface area contributed by atoms with Crippen molar-refractivity contribution >= 4 is 5.97 Å². The van der Waals surface area contributed by atoms with Gasteiger partial charge in [0.1, 0.15) is 11.4 Å². The van der Waals surface area contributed by atoms with E-state index in [1.54, 1.807) is 6.07 Å². The van der Waals surface area contributed by atoms with Crippen LogP contribution in [-0.4, -0.2) is 23.8 Å². The van der Waals surface area contributed by atoms with Crippen LogP contribution in [0.1, 0.15) is 22.6 Å². The van der Waals surface area contributed by atoms with Gasteiger partial charge in [0, 0.05) is 19.2 Å². The predicted octanol–water partition coefficient (Wildman–Crippen LogP) is 2.96. The zero-order valence-corrected chi connectivity index (χ0v) is 11.8. The summed E-state index contributed by atoms with van der Waals surface area (Å²) in [5.74, 6) is 0.539. The first kappa shape index (κ1) is 14.2. The van der Waals surface area contributed by atoms with Crippen molar-refractivity contribution in [3.05, 3.63) is 53.9 Å². The zero-order valence-electron chi connectivity index (χ0n) is 11.8. The van der Waals surface area contributed by atoms with Gasteiger partial charge in [-0.2, -0.15) is 0 Å². The van der Waals surface area contributed by atoms with Crippen molar-refractivity contribution in [3.63, 3.8) is 0 Å². The van der Waals surface area contributed by atoms with E-state index < -0.39 is 0 Å². The SMILES string of the molecule is Cc1ccc(C(=O)OCCCOc2ccccc2)n1C. The number of benzene rings is 1. The zero-order chi connectivity index (χ0) is 14.4. The van der Waals surface area contributed by atoms with Gasteiger partial charge in [-0.15, -0.1) is 0 Å². The molecule has 0 aliphatic carbocycles. The lowest BCUT2D eigenvalue weighted by Gasteiger charge is -2.08. The van der Waals surface area contributed by atoms with Crippen molar-refractivity contribution in [2.75, 3.05) is 13.2 Å². The largest absolute Gasteiger partial charge is 0.493 e. The maximum atomic E-state index is 11.8. The highest BCUT2D eigenvalue weighted by Gasteiger charge is 2.11. The highest BCUT2D eigenvalue weighted by molar-refractivity contribution is 5.87. The average molecular weight is 273 g/mol. The van der Waals surface area contributed by atoms with Crippen LogP contribution in [0.25, 0.3) is 0 Å². The van der Waals surface area contributed by atoms with Crippen LogP contribution in [0.15, 0.2) is 42.5 Å². The summed E-state index contributed by atoms with van der Waals surface area (Å²) in [5.41, 5.74) is 1.61. The Hall–Kier alpha value is -2.23. The molecule has 106 valence electrons. The standard InChI is InChI=1S/C16H19NO3/c1-13-9-10-15(17(13)2)16(18)20-12-6-11-19-14-7-4-3-5-8-14/h3-5,7-10H,6,11-12H2,1-2H3. The number of hydrogen-bond donors (Lipinski definition) is 0. The summed E-state index contributed by atoms with van der Waals surface area (Å²) < 4.78 is 12.6. The molecule has 0 atom stereocenters. The van der Waals surface area contributed by atoms with Crippen molar-refractivity contribution in [2.24, 2.45) is 7.05 Å². The Kier molecular flexibility index (Phi) is 4.82. The molecule has 1 heterocycles. The van der Waals surface area contributed by atoms with Gasteiger partial charge in [-0.3, -0.25) is 0 Å². The maximum absolute atomic E-state index is 11.8. The van der Waals surface area contributed by atoms with Gasteiger partial charge in [-0.25, -0.2) is 4.79 Å². The summed E-state index contributed by atoms with van der Waals surface area (Å²) in [6.45, 7) is 2.84. The number of aryl methyl sites for hydroxylation is 1. The van der Waals surface area contributed by atoms with Crippen molar-refractivity contribution in [2.45, 2.75) is 13.3 Å². The lowest BCUT2D eigenvalue weighted by molar-refractivity contribution is 0.0474. The number of para-hydroxylation sites is 1. The van der Waals surface area contributed by atoms with Crippen molar-refractivity contribution < 1.29 is 14.3 Å². The van der Waals surface area contributed by atoms with Crippen LogP contribution in [0.3, 0.4) is 0 Å². The second kappa shape index (κ2) is 6.80. The molecule has 0 amide bonds. The molecular weight excluding hydrogens is 254 g/mol. The minimum absolute atomic E-state index is 0.291. The molecule has 2 rings (SSSR count). The molecule has 20 heavy (non-hydrogen) atoms. The third-order valence-electron chi connectivity index (χ3n) is 3.12. The fraction of sp³-hybridized carbons (Fsp3) is 0.312. The quantitative estimate of drug-likeness (QED) is 0.600. The molecule has 0 spiro atoms. The number of esters is 1. The second-order valence-electron chi connectivity index (χ2n) is 4.57. The maximum Gasteiger partial charge on any atom is 0.354 e. The Labute approximate surface area is 118 Å². The molecule has 2 aromatic rings. The molecule has 1 aromatic carbocycles. The van der Waals surface area contributed by atoms with Crippen LogP contribution in [0.4, 0.5) is 0 Å². The van der Waals surface area contributed by atoms with Crippen LogP contribution >= 0.6 is 0 Å². The number of carbonyl (C=O) groups excluding carboxylic acids is 1. The molecule has 4 nitrogen and oxygen atoms in total. The van der Waals surface area contributed by atoms with E-state index in [-0.39, 0.29) is 5.97 Å². The van der Waals surface area contributed by atoms with Crippen LogP contribution in [-0.2, 0) is 11.8 Å². The molecule has 0 saturated heterocycles. The Bertz CT molecular complexity index is 560. The molecule has 0 unspecified atom stereocenters. The summed E-state index contributed by atoms with van der Waals surface area (Å²) >= 11 is 0. The topological polar surface area (TPSA) is 40.5 Å². The second-order valence-corrected chi connectivity index (χ2v) is 4.57. The van der Waals surface area contributed by atoms with Crippen LogP contribution in [0, 0.1) is 6.92 Å². The van der Waals surface area contributed by atoms with Gasteiger partial charge < -0.3 is 14.0 Å². The number of ether oxygens (including phenoxy) is 2. The number of carbonyl (C=O) groups is 1. The minimum atomic E-state index is -0.291. The fourth-order valence-electron chi connectivity index (χ4n) is 1.82. The lowest BCUT2D eigenvalue weighted by atomic mass is 10.3. The number of nitrogens with zero attached hydrogens (tertiary/aromatic N) is 1. The number of aromatic nitrogens is 1. The smallest absolute Gasteiger partial charge is 0.354 e. The van der Waals surface area contributed by atoms with Crippen molar-refractivity contribution in [1.29, 1.82) is 0 Å². The van der Waals surface area contributed by atoms with E-state index in [1.807, 2.05) is 54.9 Å². The Balaban J connectivity index is 1.69. The minimum Gasteiger partial charge on any atom is -0.493 e. The average Bonchev–Trinajstić information content (AvgIpc) is 2.80. The van der Waals surface area contributed by atoms with E-state index >= 15 is 0 Å². The summed E-state index contributed by atoms with van der Waals surface area (Å²) in [5, 5.41) is 0. The highest BCUT2D eigenvalue weighted by atomic mass is 16.5. The first-order chi connectivity index (χ1) is 9.68. The van der Waals surface area contributed by atoms with Crippen molar-refractivity contribution in [1.82, 2.24) is 4.57 Å². The Morgan fingerprint density at radius 3 is 2.50 bits per heavy atom. The van der Waals surface area contributed by atoms with Crippen LogP contribution < -0.4 is 4.74 Å². The fourth-order valence-corrected chi connectivity index (χ4v) is 1.82. The first-order valence-electron chi connectivity index (χ1n) is 6.66. The van der Waals surface area contributed by atoms with Crippen LogP contribution in [0.5, 0.6) is 5.75 Å². The molecular formula is C16H19NO3. The third kappa shape index (κ3) is 3.63. The lowest BCUT2D eigenvalue weighted by Crippen LogP contribution is -2.12. The van der Waals surface area contributed by atoms with E-state index in [1.165, 1.54) is 0 Å². The van der Waals surface area contributed by atoms with E-state index in [0.29, 0.717) is 25.3 Å². The molecule has 0 fully saturated rings.